The molecule has 20 heavy (non-hydrogen) atoms. The molecule has 108 valence electrons. The van der Waals surface area contributed by atoms with Crippen molar-refractivity contribution in [2.24, 2.45) is 0 Å². The Morgan fingerprint density at radius 1 is 1.25 bits per heavy atom. The lowest BCUT2D eigenvalue weighted by molar-refractivity contribution is 0.347. The normalized spacial score (nSPS) is 11.7. The Morgan fingerprint density at radius 3 is 2.35 bits per heavy atom. The molecule has 0 aliphatic rings. The highest BCUT2D eigenvalue weighted by molar-refractivity contribution is 6.37. The van der Waals surface area contributed by atoms with E-state index in [2.05, 4.69) is 36.4 Å². The third-order valence-corrected chi connectivity index (χ3v) is 3.29. The maximum atomic E-state index is 9.49. The summed E-state index contributed by atoms with van der Waals surface area (Å²) in [6.45, 7) is 6.66. The Morgan fingerprint density at radius 2 is 1.85 bits per heavy atom. The molecule has 2 aromatic rings. The summed E-state index contributed by atoms with van der Waals surface area (Å²) in [6, 6.07) is 3.22. The summed E-state index contributed by atoms with van der Waals surface area (Å²) in [7, 11) is 0. The average Bonchev–Trinajstić information content (AvgIpc) is 2.82. The molecule has 7 heteroatoms. The van der Waals surface area contributed by atoms with Crippen LogP contribution in [0, 0.1) is 0 Å². The van der Waals surface area contributed by atoms with Crippen LogP contribution in [0.15, 0.2) is 18.3 Å². The van der Waals surface area contributed by atoms with E-state index < -0.39 is 0 Å². The minimum Gasteiger partial charge on any atom is -0.505 e. The number of phenolic OH excluding ortho intramolecular Hbond substituents is 1. The minimum atomic E-state index is -0.113. The summed E-state index contributed by atoms with van der Waals surface area (Å²) in [6.07, 6.45) is 1.89. The largest absolute Gasteiger partial charge is 0.505 e. The summed E-state index contributed by atoms with van der Waals surface area (Å²) in [5, 5.41) is 21.2. The van der Waals surface area contributed by atoms with Gasteiger partial charge in [0.05, 0.1) is 28.3 Å². The van der Waals surface area contributed by atoms with E-state index in [0.29, 0.717) is 12.2 Å². The Labute approximate surface area is 127 Å². The van der Waals surface area contributed by atoms with Gasteiger partial charge < -0.3 is 10.4 Å². The SMILES string of the molecule is CC(C)(C)n1cc(CNc2cc(Cl)c(O)c(Cl)c2)nn1. The van der Waals surface area contributed by atoms with Crippen LogP contribution in [0.5, 0.6) is 5.75 Å². The van der Waals surface area contributed by atoms with Crippen molar-refractivity contribution >= 4 is 28.9 Å². The number of benzene rings is 1. The van der Waals surface area contributed by atoms with Crippen molar-refractivity contribution in [3.05, 3.63) is 34.1 Å². The van der Waals surface area contributed by atoms with Gasteiger partial charge >= 0.3 is 0 Å². The predicted octanol–water partition coefficient (Wildman–Crippen LogP) is 3.66. The molecule has 0 saturated carbocycles. The number of nitrogens with one attached hydrogen (secondary N) is 1. The molecule has 0 aliphatic carbocycles. The molecule has 0 radical (unpaired) electrons. The highest BCUT2D eigenvalue weighted by Crippen LogP contribution is 2.34. The molecular formula is C13H16Cl2N4O. The third-order valence-electron chi connectivity index (χ3n) is 2.72. The van der Waals surface area contributed by atoms with Crippen LogP contribution in [0.4, 0.5) is 5.69 Å². The number of halogens is 2. The zero-order valence-electron chi connectivity index (χ0n) is 11.5. The van der Waals surface area contributed by atoms with Gasteiger partial charge in [-0.2, -0.15) is 0 Å². The standard InChI is InChI=1S/C13H16Cl2N4O/c1-13(2,3)19-7-9(17-18-19)6-16-8-4-10(14)12(20)11(15)5-8/h4-5,7,16,20H,6H2,1-3H3. The Kier molecular flexibility index (Phi) is 4.11. The quantitative estimate of drug-likeness (QED) is 0.849. The lowest BCUT2D eigenvalue weighted by Crippen LogP contribution is -2.22. The van der Waals surface area contributed by atoms with Gasteiger partial charge in [-0.15, -0.1) is 5.10 Å². The highest BCUT2D eigenvalue weighted by Gasteiger charge is 2.15. The van der Waals surface area contributed by atoms with Crippen molar-refractivity contribution in [3.8, 4) is 5.75 Å². The Bertz CT molecular complexity index is 596. The molecule has 0 saturated heterocycles. The molecular weight excluding hydrogens is 299 g/mol. The van der Waals surface area contributed by atoms with Gasteiger partial charge in [0.25, 0.3) is 0 Å². The number of hydrogen-bond donors (Lipinski definition) is 2. The van der Waals surface area contributed by atoms with Gasteiger partial charge in [-0.1, -0.05) is 28.4 Å². The first-order valence-corrected chi connectivity index (χ1v) is 6.86. The molecule has 2 N–H and O–H groups in total. The van der Waals surface area contributed by atoms with Crippen LogP contribution in [-0.2, 0) is 12.1 Å². The summed E-state index contributed by atoms with van der Waals surface area (Å²) >= 11 is 11.7. The van der Waals surface area contributed by atoms with Crippen molar-refractivity contribution in [2.75, 3.05) is 5.32 Å². The maximum Gasteiger partial charge on any atom is 0.152 e. The average molecular weight is 315 g/mol. The van der Waals surface area contributed by atoms with Gasteiger partial charge in [0.2, 0.25) is 0 Å². The van der Waals surface area contributed by atoms with Crippen molar-refractivity contribution in [2.45, 2.75) is 32.9 Å². The van der Waals surface area contributed by atoms with Gasteiger partial charge in [-0.3, -0.25) is 0 Å². The summed E-state index contributed by atoms with van der Waals surface area (Å²) in [5.41, 5.74) is 1.42. The van der Waals surface area contributed by atoms with Crippen molar-refractivity contribution in [1.82, 2.24) is 15.0 Å². The van der Waals surface area contributed by atoms with Crippen LogP contribution in [-0.4, -0.2) is 20.1 Å². The number of hydrogen-bond acceptors (Lipinski definition) is 4. The molecule has 1 aromatic heterocycles. The third kappa shape index (κ3) is 3.35. The number of aromatic hydroxyl groups is 1. The molecule has 5 nitrogen and oxygen atoms in total. The fourth-order valence-electron chi connectivity index (χ4n) is 1.57. The fourth-order valence-corrected chi connectivity index (χ4v) is 2.05. The highest BCUT2D eigenvalue weighted by atomic mass is 35.5. The monoisotopic (exact) mass is 314 g/mol. The topological polar surface area (TPSA) is 63.0 Å². The second-order valence-corrected chi connectivity index (χ2v) is 6.28. The smallest absolute Gasteiger partial charge is 0.152 e. The van der Waals surface area contributed by atoms with Gasteiger partial charge in [0, 0.05) is 5.69 Å². The Balaban J connectivity index is 2.08. The van der Waals surface area contributed by atoms with Crippen LogP contribution < -0.4 is 5.32 Å². The first-order valence-electron chi connectivity index (χ1n) is 6.11. The van der Waals surface area contributed by atoms with Crippen LogP contribution in [0.2, 0.25) is 10.0 Å². The van der Waals surface area contributed by atoms with Crippen LogP contribution in [0.25, 0.3) is 0 Å². The van der Waals surface area contributed by atoms with E-state index in [9.17, 15) is 5.11 Å². The molecule has 0 atom stereocenters. The van der Waals surface area contributed by atoms with Gasteiger partial charge in [0.15, 0.2) is 5.75 Å². The second kappa shape index (κ2) is 5.50. The first-order chi connectivity index (χ1) is 9.27. The summed E-state index contributed by atoms with van der Waals surface area (Å²) in [5.74, 6) is -0.113. The van der Waals surface area contributed by atoms with Crippen molar-refractivity contribution in [1.29, 1.82) is 0 Å². The van der Waals surface area contributed by atoms with Crippen molar-refractivity contribution < 1.29 is 5.11 Å². The molecule has 0 unspecified atom stereocenters. The lowest BCUT2D eigenvalue weighted by Gasteiger charge is -2.17. The summed E-state index contributed by atoms with van der Waals surface area (Å²) in [4.78, 5) is 0. The summed E-state index contributed by atoms with van der Waals surface area (Å²) < 4.78 is 1.81. The number of anilines is 1. The predicted molar refractivity (Wildman–Crippen MR) is 80.5 cm³/mol. The van der Waals surface area contributed by atoms with E-state index in [1.807, 2.05) is 6.20 Å². The van der Waals surface area contributed by atoms with E-state index >= 15 is 0 Å². The number of aromatic nitrogens is 3. The first kappa shape index (κ1) is 14.9. The van der Waals surface area contributed by atoms with Crippen molar-refractivity contribution in [3.63, 3.8) is 0 Å². The molecule has 0 bridgehead atoms. The molecule has 1 heterocycles. The van der Waals surface area contributed by atoms with Crippen LogP contribution in [0.3, 0.4) is 0 Å². The van der Waals surface area contributed by atoms with Crippen LogP contribution >= 0.6 is 23.2 Å². The van der Waals surface area contributed by atoms with E-state index in [1.54, 1.807) is 16.8 Å². The molecule has 1 aromatic carbocycles. The zero-order chi connectivity index (χ0) is 14.9. The number of nitrogens with zero attached hydrogens (tertiary/aromatic N) is 3. The molecule has 0 fully saturated rings. The van der Waals surface area contributed by atoms with E-state index in [4.69, 9.17) is 23.2 Å². The maximum absolute atomic E-state index is 9.49. The van der Waals surface area contributed by atoms with E-state index in [0.717, 1.165) is 5.69 Å². The van der Waals surface area contributed by atoms with Crippen LogP contribution in [0.1, 0.15) is 26.5 Å². The lowest BCUT2D eigenvalue weighted by atomic mass is 10.1. The number of phenols is 1. The molecule has 0 spiro atoms. The fraction of sp³-hybridized carbons (Fsp3) is 0.385. The Hall–Kier alpha value is -1.46. The molecule has 0 aliphatic heterocycles. The van der Waals surface area contributed by atoms with Gasteiger partial charge in [-0.25, -0.2) is 4.68 Å². The molecule has 0 amide bonds. The molecule has 2 rings (SSSR count). The zero-order valence-corrected chi connectivity index (χ0v) is 13.0. The number of rotatable bonds is 3. The second-order valence-electron chi connectivity index (χ2n) is 5.47. The minimum absolute atomic E-state index is 0.101. The van der Waals surface area contributed by atoms with E-state index in [-0.39, 0.29) is 21.3 Å². The van der Waals surface area contributed by atoms with E-state index in [1.165, 1.54) is 0 Å². The van der Waals surface area contributed by atoms with Gasteiger partial charge in [0.1, 0.15) is 5.69 Å². The van der Waals surface area contributed by atoms with Gasteiger partial charge in [-0.05, 0) is 32.9 Å².